The van der Waals surface area contributed by atoms with Gasteiger partial charge in [0.15, 0.2) is 0 Å². The van der Waals surface area contributed by atoms with E-state index in [9.17, 15) is 4.79 Å². The Morgan fingerprint density at radius 1 is 1.21 bits per heavy atom. The highest BCUT2D eigenvalue weighted by molar-refractivity contribution is 7.08. The number of benzene rings is 1. The Kier molecular flexibility index (Phi) is 4.42. The van der Waals surface area contributed by atoms with Gasteiger partial charge in [0.2, 0.25) is 0 Å². The zero-order chi connectivity index (χ0) is 16.5. The van der Waals surface area contributed by atoms with Crippen molar-refractivity contribution in [2.45, 2.75) is 37.8 Å². The first kappa shape index (κ1) is 15.9. The Morgan fingerprint density at radius 3 is 2.62 bits per heavy atom. The van der Waals surface area contributed by atoms with Crippen molar-refractivity contribution in [1.82, 2.24) is 9.80 Å². The average molecular weight is 340 g/mol. The summed E-state index contributed by atoms with van der Waals surface area (Å²) in [6, 6.07) is 11.7. The Hall–Kier alpha value is -1.65. The van der Waals surface area contributed by atoms with Crippen LogP contribution in [0.15, 0.2) is 41.1 Å². The first-order chi connectivity index (χ1) is 11.7. The van der Waals surface area contributed by atoms with E-state index < -0.39 is 0 Å². The second-order valence-corrected chi connectivity index (χ2v) is 7.83. The first-order valence-electron chi connectivity index (χ1n) is 8.82. The van der Waals surface area contributed by atoms with Crippen LogP contribution in [0.1, 0.15) is 34.3 Å². The third kappa shape index (κ3) is 3.01. The zero-order valence-corrected chi connectivity index (χ0v) is 15.0. The van der Waals surface area contributed by atoms with Crippen molar-refractivity contribution in [1.29, 1.82) is 0 Å². The van der Waals surface area contributed by atoms with Crippen molar-refractivity contribution in [2.75, 3.05) is 20.1 Å². The summed E-state index contributed by atoms with van der Waals surface area (Å²) in [7, 11) is 1.97. The molecule has 24 heavy (non-hydrogen) atoms. The van der Waals surface area contributed by atoms with Crippen LogP contribution in [0.2, 0.25) is 0 Å². The van der Waals surface area contributed by atoms with E-state index in [4.69, 9.17) is 0 Å². The number of likely N-dealkylation sites (N-methyl/N-ethyl adjacent to an activating group) is 1. The molecular weight excluding hydrogens is 316 g/mol. The largest absolute Gasteiger partial charge is 0.337 e. The van der Waals surface area contributed by atoms with Crippen LogP contribution in [0.4, 0.5) is 0 Å². The molecule has 1 aromatic carbocycles. The molecule has 1 unspecified atom stereocenters. The van der Waals surface area contributed by atoms with E-state index in [2.05, 4.69) is 29.2 Å². The summed E-state index contributed by atoms with van der Waals surface area (Å²) < 4.78 is 0. The van der Waals surface area contributed by atoms with Gasteiger partial charge in [0.05, 0.1) is 5.56 Å². The fraction of sp³-hybridized carbons (Fsp3) is 0.450. The minimum atomic E-state index is 0.165. The number of fused-ring (bicyclic) bond motifs is 1. The molecule has 1 aliphatic heterocycles. The van der Waals surface area contributed by atoms with Crippen LogP contribution in [0.3, 0.4) is 0 Å². The van der Waals surface area contributed by atoms with Gasteiger partial charge in [-0.25, -0.2) is 0 Å². The molecule has 0 radical (unpaired) electrons. The summed E-state index contributed by atoms with van der Waals surface area (Å²) >= 11 is 1.59. The molecule has 1 fully saturated rings. The lowest BCUT2D eigenvalue weighted by Crippen LogP contribution is -2.51. The fourth-order valence-electron chi connectivity index (χ4n) is 4.18. The molecule has 1 saturated heterocycles. The van der Waals surface area contributed by atoms with Gasteiger partial charge in [0.1, 0.15) is 0 Å². The molecule has 126 valence electrons. The Labute approximate surface area is 147 Å². The third-order valence-electron chi connectivity index (χ3n) is 5.61. The Balaban J connectivity index is 1.42. The lowest BCUT2D eigenvalue weighted by molar-refractivity contribution is 0.0556. The van der Waals surface area contributed by atoms with Crippen LogP contribution < -0.4 is 0 Å². The minimum Gasteiger partial charge on any atom is -0.337 e. The molecule has 0 saturated carbocycles. The molecule has 4 heteroatoms. The lowest BCUT2D eigenvalue weighted by atomic mass is 10.0. The molecule has 2 heterocycles. The van der Waals surface area contributed by atoms with Crippen LogP contribution in [-0.4, -0.2) is 47.9 Å². The Bertz CT molecular complexity index is 687. The van der Waals surface area contributed by atoms with Crippen LogP contribution in [0.25, 0.3) is 0 Å². The SMILES string of the molecule is CN(C(=O)c1ccsc1)C1CCCN(C2Cc3ccccc3C2)C1. The van der Waals surface area contributed by atoms with E-state index in [1.54, 1.807) is 11.3 Å². The van der Waals surface area contributed by atoms with Gasteiger partial charge in [-0.1, -0.05) is 24.3 Å². The van der Waals surface area contributed by atoms with E-state index in [1.165, 1.54) is 17.5 Å². The van der Waals surface area contributed by atoms with Crippen molar-refractivity contribution >= 4 is 17.2 Å². The highest BCUT2D eigenvalue weighted by Crippen LogP contribution is 2.28. The van der Waals surface area contributed by atoms with E-state index in [-0.39, 0.29) is 5.91 Å². The van der Waals surface area contributed by atoms with Crippen LogP contribution >= 0.6 is 11.3 Å². The summed E-state index contributed by atoms with van der Waals surface area (Å²) in [6.07, 6.45) is 4.61. The Morgan fingerprint density at radius 2 is 1.96 bits per heavy atom. The molecule has 2 aromatic rings. The fourth-order valence-corrected chi connectivity index (χ4v) is 4.81. The van der Waals surface area contributed by atoms with Gasteiger partial charge in [-0.15, -0.1) is 0 Å². The van der Waals surface area contributed by atoms with E-state index in [0.29, 0.717) is 12.1 Å². The van der Waals surface area contributed by atoms with Crippen molar-refractivity contribution in [2.24, 2.45) is 0 Å². The molecule has 1 aliphatic carbocycles. The molecule has 1 aromatic heterocycles. The smallest absolute Gasteiger partial charge is 0.254 e. The highest BCUT2D eigenvalue weighted by Gasteiger charge is 2.32. The van der Waals surface area contributed by atoms with Crippen LogP contribution in [-0.2, 0) is 12.8 Å². The van der Waals surface area contributed by atoms with Crippen molar-refractivity contribution < 1.29 is 4.79 Å². The van der Waals surface area contributed by atoms with Crippen molar-refractivity contribution in [3.05, 3.63) is 57.8 Å². The van der Waals surface area contributed by atoms with Gasteiger partial charge < -0.3 is 4.90 Å². The van der Waals surface area contributed by atoms with E-state index in [1.807, 2.05) is 28.8 Å². The molecular formula is C20H24N2OS. The molecule has 4 rings (SSSR count). The maximum absolute atomic E-state index is 12.6. The number of amides is 1. The zero-order valence-electron chi connectivity index (χ0n) is 14.1. The molecule has 1 atom stereocenters. The lowest BCUT2D eigenvalue weighted by Gasteiger charge is -2.40. The molecule has 1 amide bonds. The summed E-state index contributed by atoms with van der Waals surface area (Å²) in [5.41, 5.74) is 3.84. The second kappa shape index (κ2) is 6.69. The highest BCUT2D eigenvalue weighted by atomic mass is 32.1. The van der Waals surface area contributed by atoms with Crippen LogP contribution in [0, 0.1) is 0 Å². The number of carbonyl (C=O) groups excluding carboxylic acids is 1. The van der Waals surface area contributed by atoms with E-state index >= 15 is 0 Å². The van der Waals surface area contributed by atoms with Crippen molar-refractivity contribution in [3.8, 4) is 0 Å². The molecule has 0 N–H and O–H groups in total. The summed E-state index contributed by atoms with van der Waals surface area (Å²) in [5.74, 6) is 0.165. The van der Waals surface area contributed by atoms with Gasteiger partial charge in [-0.2, -0.15) is 11.3 Å². The van der Waals surface area contributed by atoms with Gasteiger partial charge in [0, 0.05) is 31.1 Å². The number of thiophene rings is 1. The molecule has 2 aliphatic rings. The number of rotatable bonds is 3. The van der Waals surface area contributed by atoms with Gasteiger partial charge in [-0.05, 0) is 54.8 Å². The number of hydrogen-bond acceptors (Lipinski definition) is 3. The summed E-state index contributed by atoms with van der Waals surface area (Å²) in [5, 5.41) is 3.93. The molecule has 0 bridgehead atoms. The number of nitrogens with zero attached hydrogens (tertiary/aromatic N) is 2. The average Bonchev–Trinajstić information content (AvgIpc) is 3.30. The standard InChI is InChI=1S/C20H24N2OS/c1-21(20(23)17-8-10-24-14-17)18-7-4-9-22(13-18)19-11-15-5-2-3-6-16(15)12-19/h2-3,5-6,8,10,14,18-19H,4,7,9,11-13H2,1H3. The number of hydrogen-bond donors (Lipinski definition) is 0. The summed E-state index contributed by atoms with van der Waals surface area (Å²) in [4.78, 5) is 17.2. The normalized spacial score (nSPS) is 21.6. The van der Waals surface area contributed by atoms with Crippen molar-refractivity contribution in [3.63, 3.8) is 0 Å². The van der Waals surface area contributed by atoms with Gasteiger partial charge in [0.25, 0.3) is 5.91 Å². The maximum Gasteiger partial charge on any atom is 0.254 e. The second-order valence-electron chi connectivity index (χ2n) is 7.05. The predicted molar refractivity (Wildman–Crippen MR) is 98.6 cm³/mol. The monoisotopic (exact) mass is 340 g/mol. The molecule has 3 nitrogen and oxygen atoms in total. The molecule has 0 spiro atoms. The van der Waals surface area contributed by atoms with Gasteiger partial charge >= 0.3 is 0 Å². The minimum absolute atomic E-state index is 0.165. The predicted octanol–water partition coefficient (Wildman–Crippen LogP) is 3.45. The maximum atomic E-state index is 12.6. The quantitative estimate of drug-likeness (QED) is 0.854. The third-order valence-corrected chi connectivity index (χ3v) is 6.29. The first-order valence-corrected chi connectivity index (χ1v) is 9.77. The number of likely N-dealkylation sites (tertiary alicyclic amines) is 1. The van der Waals surface area contributed by atoms with Gasteiger partial charge in [-0.3, -0.25) is 9.69 Å². The summed E-state index contributed by atoms with van der Waals surface area (Å²) in [6.45, 7) is 2.17. The number of piperidine rings is 1. The topological polar surface area (TPSA) is 23.6 Å². The number of carbonyl (C=O) groups is 1. The van der Waals surface area contributed by atoms with Crippen LogP contribution in [0.5, 0.6) is 0 Å². The van der Waals surface area contributed by atoms with E-state index in [0.717, 1.165) is 37.9 Å².